The zero-order valence-electron chi connectivity index (χ0n) is 15.7. The third-order valence-corrected chi connectivity index (χ3v) is 6.07. The van der Waals surface area contributed by atoms with Crippen LogP contribution in [0.2, 0.25) is 5.02 Å². The minimum atomic E-state index is -0.0200. The molecule has 3 rings (SSSR count). The van der Waals surface area contributed by atoms with E-state index in [0.717, 1.165) is 42.1 Å². The number of anilines is 1. The SMILES string of the molecule is CN=C(NCCC(=O)Nc1cccc(Cl)c1C)N1CC2CCCCC2C1. The van der Waals surface area contributed by atoms with E-state index in [0.29, 0.717) is 18.0 Å². The fourth-order valence-corrected chi connectivity index (χ4v) is 4.33. The number of guanidine groups is 1. The van der Waals surface area contributed by atoms with Gasteiger partial charge in [0, 0.05) is 43.8 Å². The van der Waals surface area contributed by atoms with Gasteiger partial charge in [0.1, 0.15) is 0 Å². The first kappa shape index (κ1) is 19.0. The van der Waals surface area contributed by atoms with E-state index in [1.165, 1.54) is 25.7 Å². The Morgan fingerprint density at radius 3 is 2.62 bits per heavy atom. The van der Waals surface area contributed by atoms with E-state index in [9.17, 15) is 4.79 Å². The van der Waals surface area contributed by atoms with Crippen LogP contribution >= 0.6 is 11.6 Å². The van der Waals surface area contributed by atoms with Gasteiger partial charge in [-0.1, -0.05) is 30.5 Å². The molecular formula is C20H29ClN4O. The molecule has 6 heteroatoms. The van der Waals surface area contributed by atoms with Crippen molar-refractivity contribution < 1.29 is 4.79 Å². The fourth-order valence-electron chi connectivity index (χ4n) is 4.15. The highest BCUT2D eigenvalue weighted by Crippen LogP contribution is 2.35. The fraction of sp³-hybridized carbons (Fsp3) is 0.600. The maximum Gasteiger partial charge on any atom is 0.226 e. The van der Waals surface area contributed by atoms with Crippen molar-refractivity contribution in [3.63, 3.8) is 0 Å². The van der Waals surface area contributed by atoms with E-state index in [4.69, 9.17) is 11.6 Å². The van der Waals surface area contributed by atoms with Crippen molar-refractivity contribution in [2.24, 2.45) is 16.8 Å². The Morgan fingerprint density at radius 2 is 1.96 bits per heavy atom. The lowest BCUT2D eigenvalue weighted by molar-refractivity contribution is -0.116. The van der Waals surface area contributed by atoms with Crippen LogP contribution in [0.4, 0.5) is 5.69 Å². The Hall–Kier alpha value is -1.75. The third-order valence-electron chi connectivity index (χ3n) is 5.66. The summed E-state index contributed by atoms with van der Waals surface area (Å²) >= 11 is 6.10. The number of rotatable bonds is 4. The summed E-state index contributed by atoms with van der Waals surface area (Å²) in [7, 11) is 1.82. The number of hydrogen-bond donors (Lipinski definition) is 2. The normalized spacial score (nSPS) is 22.9. The largest absolute Gasteiger partial charge is 0.356 e. The van der Waals surface area contributed by atoms with Crippen molar-refractivity contribution in [2.75, 3.05) is 32.0 Å². The number of hydrogen-bond acceptors (Lipinski definition) is 2. The molecule has 1 aromatic rings. The van der Waals surface area contributed by atoms with Crippen LogP contribution < -0.4 is 10.6 Å². The summed E-state index contributed by atoms with van der Waals surface area (Å²) in [6.45, 7) is 4.67. The molecule has 0 radical (unpaired) electrons. The quantitative estimate of drug-likeness (QED) is 0.622. The van der Waals surface area contributed by atoms with Crippen LogP contribution in [0.25, 0.3) is 0 Å². The van der Waals surface area contributed by atoms with E-state index in [1.807, 2.05) is 32.2 Å². The highest BCUT2D eigenvalue weighted by Gasteiger charge is 2.35. The zero-order chi connectivity index (χ0) is 18.5. The maximum atomic E-state index is 12.2. The van der Waals surface area contributed by atoms with Gasteiger partial charge in [0.15, 0.2) is 5.96 Å². The van der Waals surface area contributed by atoms with Crippen molar-refractivity contribution in [3.8, 4) is 0 Å². The minimum Gasteiger partial charge on any atom is -0.356 e. The molecule has 1 saturated heterocycles. The molecule has 5 nitrogen and oxygen atoms in total. The van der Waals surface area contributed by atoms with Gasteiger partial charge >= 0.3 is 0 Å². The van der Waals surface area contributed by atoms with Crippen molar-refractivity contribution in [1.29, 1.82) is 0 Å². The number of benzene rings is 1. The zero-order valence-corrected chi connectivity index (χ0v) is 16.5. The maximum absolute atomic E-state index is 12.2. The van der Waals surface area contributed by atoms with Crippen LogP contribution in [0.5, 0.6) is 0 Å². The number of carbonyl (C=O) groups is 1. The number of carbonyl (C=O) groups excluding carboxylic acids is 1. The molecular weight excluding hydrogens is 348 g/mol. The Kier molecular flexibility index (Phi) is 6.41. The van der Waals surface area contributed by atoms with E-state index in [-0.39, 0.29) is 5.91 Å². The molecule has 1 saturated carbocycles. The average molecular weight is 377 g/mol. The summed E-state index contributed by atoms with van der Waals surface area (Å²) < 4.78 is 0. The Morgan fingerprint density at radius 1 is 1.27 bits per heavy atom. The predicted octanol–water partition coefficient (Wildman–Crippen LogP) is 3.67. The van der Waals surface area contributed by atoms with Gasteiger partial charge in [-0.05, 0) is 49.3 Å². The molecule has 1 aliphatic carbocycles. The summed E-state index contributed by atoms with van der Waals surface area (Å²) in [5, 5.41) is 6.95. The topological polar surface area (TPSA) is 56.7 Å². The number of nitrogens with zero attached hydrogens (tertiary/aromatic N) is 2. The van der Waals surface area contributed by atoms with Gasteiger partial charge in [0.25, 0.3) is 0 Å². The molecule has 1 amide bonds. The summed E-state index contributed by atoms with van der Waals surface area (Å²) in [5.74, 6) is 2.53. The molecule has 142 valence electrons. The van der Waals surface area contributed by atoms with E-state index in [2.05, 4.69) is 20.5 Å². The smallest absolute Gasteiger partial charge is 0.226 e. The van der Waals surface area contributed by atoms with Crippen LogP contribution in [0, 0.1) is 18.8 Å². The average Bonchev–Trinajstić information content (AvgIpc) is 3.06. The van der Waals surface area contributed by atoms with Crippen molar-refractivity contribution >= 4 is 29.2 Å². The predicted molar refractivity (Wildman–Crippen MR) is 108 cm³/mol. The molecule has 0 aromatic heterocycles. The third kappa shape index (κ3) is 4.50. The molecule has 1 heterocycles. The molecule has 26 heavy (non-hydrogen) atoms. The van der Waals surface area contributed by atoms with Gasteiger partial charge in [-0.2, -0.15) is 0 Å². The number of nitrogens with one attached hydrogen (secondary N) is 2. The standard InChI is InChI=1S/C20H29ClN4O/c1-14-17(21)8-5-9-18(14)24-19(26)10-11-23-20(22-2)25-12-15-6-3-4-7-16(15)13-25/h5,8-9,15-16H,3-4,6-7,10-13H2,1-2H3,(H,22,23)(H,24,26). The second-order valence-electron chi connectivity index (χ2n) is 7.39. The first-order valence-electron chi connectivity index (χ1n) is 9.59. The van der Waals surface area contributed by atoms with Crippen LogP contribution in [-0.4, -0.2) is 43.4 Å². The molecule has 2 unspecified atom stereocenters. The van der Waals surface area contributed by atoms with Crippen LogP contribution in [0.1, 0.15) is 37.7 Å². The highest BCUT2D eigenvalue weighted by molar-refractivity contribution is 6.31. The van der Waals surface area contributed by atoms with Crippen LogP contribution in [-0.2, 0) is 4.79 Å². The van der Waals surface area contributed by atoms with E-state index < -0.39 is 0 Å². The van der Waals surface area contributed by atoms with Crippen LogP contribution in [0.15, 0.2) is 23.2 Å². The molecule has 2 aliphatic rings. The molecule has 2 fully saturated rings. The lowest BCUT2D eigenvalue weighted by Crippen LogP contribution is -2.41. The van der Waals surface area contributed by atoms with Gasteiger partial charge in [0.05, 0.1) is 0 Å². The molecule has 2 atom stereocenters. The Balaban J connectivity index is 1.46. The van der Waals surface area contributed by atoms with Crippen molar-refractivity contribution in [3.05, 3.63) is 28.8 Å². The van der Waals surface area contributed by atoms with E-state index in [1.54, 1.807) is 0 Å². The molecule has 1 aromatic carbocycles. The Labute approximate surface area is 161 Å². The number of amides is 1. The molecule has 1 aliphatic heterocycles. The number of fused-ring (bicyclic) bond motifs is 1. The second kappa shape index (κ2) is 8.76. The van der Waals surface area contributed by atoms with Gasteiger partial charge in [0.2, 0.25) is 5.91 Å². The monoisotopic (exact) mass is 376 g/mol. The van der Waals surface area contributed by atoms with Crippen molar-refractivity contribution in [1.82, 2.24) is 10.2 Å². The number of likely N-dealkylation sites (tertiary alicyclic amines) is 1. The molecule has 2 N–H and O–H groups in total. The van der Waals surface area contributed by atoms with Gasteiger partial charge in [-0.3, -0.25) is 9.79 Å². The first-order valence-corrected chi connectivity index (χ1v) is 9.97. The van der Waals surface area contributed by atoms with Gasteiger partial charge < -0.3 is 15.5 Å². The molecule has 0 bridgehead atoms. The summed E-state index contributed by atoms with van der Waals surface area (Å²) in [6.07, 6.45) is 5.82. The van der Waals surface area contributed by atoms with Crippen molar-refractivity contribution in [2.45, 2.75) is 39.0 Å². The Bertz CT molecular complexity index is 662. The van der Waals surface area contributed by atoms with E-state index >= 15 is 0 Å². The lowest BCUT2D eigenvalue weighted by Gasteiger charge is -2.22. The highest BCUT2D eigenvalue weighted by atomic mass is 35.5. The summed E-state index contributed by atoms with van der Waals surface area (Å²) in [4.78, 5) is 19.0. The van der Waals surface area contributed by atoms with Gasteiger partial charge in [-0.15, -0.1) is 0 Å². The number of aliphatic imine (C=N–C) groups is 1. The number of halogens is 1. The minimum absolute atomic E-state index is 0.0200. The van der Waals surface area contributed by atoms with Gasteiger partial charge in [-0.25, -0.2) is 0 Å². The van der Waals surface area contributed by atoms with Crippen LogP contribution in [0.3, 0.4) is 0 Å². The second-order valence-corrected chi connectivity index (χ2v) is 7.80. The lowest BCUT2D eigenvalue weighted by atomic mass is 9.82. The summed E-state index contributed by atoms with van der Waals surface area (Å²) in [6, 6.07) is 5.54. The molecule has 0 spiro atoms. The summed E-state index contributed by atoms with van der Waals surface area (Å²) in [5.41, 5.74) is 1.67. The first-order chi connectivity index (χ1) is 12.6.